The van der Waals surface area contributed by atoms with Crippen LogP contribution in [0.2, 0.25) is 0 Å². The van der Waals surface area contributed by atoms with E-state index in [1.54, 1.807) is 38.1 Å². The van der Waals surface area contributed by atoms with E-state index in [2.05, 4.69) is 0 Å². The molecule has 0 aromatic heterocycles. The largest absolute Gasteiger partial charge is 0.466 e. The smallest absolute Gasteiger partial charge is 0.309 e. The Morgan fingerprint density at radius 1 is 1.31 bits per heavy atom. The lowest BCUT2D eigenvalue weighted by atomic mass is 9.90. The van der Waals surface area contributed by atoms with E-state index in [0.717, 1.165) is 0 Å². The van der Waals surface area contributed by atoms with E-state index in [-0.39, 0.29) is 19.4 Å². The topological polar surface area (TPSA) is 26.3 Å². The van der Waals surface area contributed by atoms with Gasteiger partial charge in [-0.3, -0.25) is 4.79 Å². The first-order valence-electron chi connectivity index (χ1n) is 5.52. The Labute approximate surface area is 95.4 Å². The zero-order valence-electron chi connectivity index (χ0n) is 9.70. The van der Waals surface area contributed by atoms with Crippen LogP contribution in [0.4, 0.5) is 4.39 Å². The molecule has 2 nitrogen and oxygen atoms in total. The summed E-state index contributed by atoms with van der Waals surface area (Å²) in [4.78, 5) is 11.3. The van der Waals surface area contributed by atoms with E-state index in [4.69, 9.17) is 4.74 Å². The van der Waals surface area contributed by atoms with Gasteiger partial charge in [0.15, 0.2) is 0 Å². The molecule has 1 atom stereocenters. The second-order valence-corrected chi connectivity index (χ2v) is 3.67. The summed E-state index contributed by atoms with van der Waals surface area (Å²) in [6.45, 7) is 3.73. The van der Waals surface area contributed by atoms with Gasteiger partial charge >= 0.3 is 5.97 Å². The monoisotopic (exact) mass is 224 g/mol. The van der Waals surface area contributed by atoms with E-state index in [9.17, 15) is 9.18 Å². The second kappa shape index (κ2) is 5.64. The van der Waals surface area contributed by atoms with Crippen LogP contribution in [0, 0.1) is 0 Å². The van der Waals surface area contributed by atoms with E-state index in [1.807, 2.05) is 6.07 Å². The SMILES string of the molecule is CCOC(=O)CC(F)(CC)c1ccccc1. The predicted octanol–water partition coefficient (Wildman–Crippen LogP) is 3.21. The fourth-order valence-electron chi connectivity index (χ4n) is 1.61. The van der Waals surface area contributed by atoms with Gasteiger partial charge in [-0.05, 0) is 18.9 Å². The lowest BCUT2D eigenvalue weighted by molar-refractivity contribution is -0.146. The van der Waals surface area contributed by atoms with E-state index < -0.39 is 11.6 Å². The number of halogens is 1. The van der Waals surface area contributed by atoms with E-state index in [1.165, 1.54) is 0 Å². The fraction of sp³-hybridized carbons (Fsp3) is 0.462. The zero-order chi connectivity index (χ0) is 12.0. The number of rotatable bonds is 5. The van der Waals surface area contributed by atoms with Crippen LogP contribution in [-0.2, 0) is 15.2 Å². The molecule has 0 saturated carbocycles. The highest BCUT2D eigenvalue weighted by molar-refractivity contribution is 5.71. The highest BCUT2D eigenvalue weighted by Gasteiger charge is 2.33. The third-order valence-corrected chi connectivity index (χ3v) is 2.58. The van der Waals surface area contributed by atoms with Crippen molar-refractivity contribution in [2.45, 2.75) is 32.4 Å². The molecule has 0 fully saturated rings. The maximum atomic E-state index is 14.5. The molecule has 0 aliphatic heterocycles. The lowest BCUT2D eigenvalue weighted by Gasteiger charge is -2.23. The molecule has 88 valence electrons. The Kier molecular flexibility index (Phi) is 4.47. The van der Waals surface area contributed by atoms with Crippen molar-refractivity contribution in [1.29, 1.82) is 0 Å². The van der Waals surface area contributed by atoms with Crippen molar-refractivity contribution in [3.63, 3.8) is 0 Å². The maximum Gasteiger partial charge on any atom is 0.309 e. The summed E-state index contributed by atoms with van der Waals surface area (Å²) in [5, 5.41) is 0. The van der Waals surface area contributed by atoms with Crippen LogP contribution < -0.4 is 0 Å². The quantitative estimate of drug-likeness (QED) is 0.718. The first kappa shape index (κ1) is 12.7. The van der Waals surface area contributed by atoms with Gasteiger partial charge in [0.25, 0.3) is 0 Å². The number of ether oxygens (including phenoxy) is 1. The van der Waals surface area contributed by atoms with Crippen LogP contribution in [0.1, 0.15) is 32.3 Å². The van der Waals surface area contributed by atoms with Gasteiger partial charge in [-0.25, -0.2) is 4.39 Å². The van der Waals surface area contributed by atoms with Gasteiger partial charge in [-0.15, -0.1) is 0 Å². The number of hydrogen-bond donors (Lipinski definition) is 0. The highest BCUT2D eigenvalue weighted by atomic mass is 19.1. The first-order chi connectivity index (χ1) is 7.62. The Bertz CT molecular complexity index is 337. The molecule has 3 heteroatoms. The summed E-state index contributed by atoms with van der Waals surface area (Å²) in [6.07, 6.45) is 0.0389. The van der Waals surface area contributed by atoms with Crippen molar-refractivity contribution < 1.29 is 13.9 Å². The summed E-state index contributed by atoms with van der Waals surface area (Å²) in [5.41, 5.74) is -1.08. The molecule has 0 radical (unpaired) electrons. The van der Waals surface area contributed by atoms with Gasteiger partial charge in [0.2, 0.25) is 0 Å². The zero-order valence-corrected chi connectivity index (χ0v) is 9.70. The van der Waals surface area contributed by atoms with Gasteiger partial charge in [-0.1, -0.05) is 37.3 Å². The molecular formula is C13H17FO2. The molecule has 0 saturated heterocycles. The predicted molar refractivity (Wildman–Crippen MR) is 60.8 cm³/mol. The Balaban J connectivity index is 2.82. The van der Waals surface area contributed by atoms with Crippen LogP contribution >= 0.6 is 0 Å². The van der Waals surface area contributed by atoms with Crippen LogP contribution in [0.25, 0.3) is 0 Å². The van der Waals surface area contributed by atoms with Crippen LogP contribution in [0.15, 0.2) is 30.3 Å². The number of alkyl halides is 1. The van der Waals surface area contributed by atoms with Crippen molar-refractivity contribution in [3.8, 4) is 0 Å². The van der Waals surface area contributed by atoms with E-state index in [0.29, 0.717) is 5.56 Å². The van der Waals surface area contributed by atoms with Gasteiger partial charge in [-0.2, -0.15) is 0 Å². The molecule has 1 unspecified atom stereocenters. The molecule has 16 heavy (non-hydrogen) atoms. The molecule has 1 rings (SSSR count). The second-order valence-electron chi connectivity index (χ2n) is 3.67. The minimum absolute atomic E-state index is 0.221. The third kappa shape index (κ3) is 3.05. The third-order valence-electron chi connectivity index (χ3n) is 2.58. The first-order valence-corrected chi connectivity index (χ1v) is 5.52. The molecule has 1 aromatic rings. The minimum atomic E-state index is -1.62. The molecule has 0 aliphatic carbocycles. The molecule has 0 amide bonds. The molecular weight excluding hydrogens is 207 g/mol. The number of carbonyl (C=O) groups is 1. The Morgan fingerprint density at radius 3 is 2.44 bits per heavy atom. The Hall–Kier alpha value is -1.38. The number of hydrogen-bond acceptors (Lipinski definition) is 2. The highest BCUT2D eigenvalue weighted by Crippen LogP contribution is 2.33. The fourth-order valence-corrected chi connectivity index (χ4v) is 1.61. The van der Waals surface area contributed by atoms with Crippen LogP contribution in [0.3, 0.4) is 0 Å². The molecule has 0 bridgehead atoms. The number of esters is 1. The Morgan fingerprint density at radius 2 is 1.94 bits per heavy atom. The van der Waals surface area contributed by atoms with Crippen molar-refractivity contribution in [3.05, 3.63) is 35.9 Å². The van der Waals surface area contributed by atoms with Gasteiger partial charge in [0, 0.05) is 0 Å². The minimum Gasteiger partial charge on any atom is -0.466 e. The van der Waals surface area contributed by atoms with Crippen molar-refractivity contribution in [2.75, 3.05) is 6.61 Å². The standard InChI is InChI=1S/C13H17FO2/c1-3-13(14,10-12(15)16-4-2)11-8-6-5-7-9-11/h5-9H,3-4,10H2,1-2H3. The summed E-state index contributed by atoms with van der Waals surface area (Å²) in [6, 6.07) is 8.75. The van der Waals surface area contributed by atoms with Gasteiger partial charge in [0.1, 0.15) is 5.67 Å². The van der Waals surface area contributed by atoms with E-state index >= 15 is 0 Å². The molecule has 1 aromatic carbocycles. The lowest BCUT2D eigenvalue weighted by Crippen LogP contribution is -2.24. The molecule has 0 heterocycles. The van der Waals surface area contributed by atoms with Gasteiger partial charge < -0.3 is 4.74 Å². The molecule has 0 spiro atoms. The van der Waals surface area contributed by atoms with Crippen LogP contribution in [0.5, 0.6) is 0 Å². The average Bonchev–Trinajstić information content (AvgIpc) is 2.30. The maximum absolute atomic E-state index is 14.5. The average molecular weight is 224 g/mol. The van der Waals surface area contributed by atoms with Crippen molar-refractivity contribution in [2.24, 2.45) is 0 Å². The van der Waals surface area contributed by atoms with Gasteiger partial charge in [0.05, 0.1) is 13.0 Å². The number of carbonyl (C=O) groups excluding carboxylic acids is 1. The summed E-state index contributed by atoms with van der Waals surface area (Å²) in [5.74, 6) is -0.490. The van der Waals surface area contributed by atoms with Crippen molar-refractivity contribution >= 4 is 5.97 Å². The van der Waals surface area contributed by atoms with Crippen LogP contribution in [-0.4, -0.2) is 12.6 Å². The summed E-state index contributed by atoms with van der Waals surface area (Å²) in [7, 11) is 0. The number of benzene rings is 1. The summed E-state index contributed by atoms with van der Waals surface area (Å²) < 4.78 is 19.3. The normalized spacial score (nSPS) is 14.2. The summed E-state index contributed by atoms with van der Waals surface area (Å²) >= 11 is 0. The molecule has 0 aliphatic rings. The molecule has 0 N–H and O–H groups in total. The van der Waals surface area contributed by atoms with Crippen molar-refractivity contribution in [1.82, 2.24) is 0 Å².